The summed E-state index contributed by atoms with van der Waals surface area (Å²) in [4.78, 5) is 32.2. The van der Waals surface area contributed by atoms with Gasteiger partial charge in [0.05, 0.1) is 34.9 Å². The Bertz CT molecular complexity index is 1100. The Balaban J connectivity index is 0.000000517. The van der Waals surface area contributed by atoms with E-state index in [0.717, 1.165) is 6.42 Å². The zero-order valence-corrected chi connectivity index (χ0v) is 25.0. The van der Waals surface area contributed by atoms with Crippen molar-refractivity contribution in [2.75, 3.05) is 33.2 Å². The average Bonchev–Trinajstić information content (AvgIpc) is 2.74. The molecule has 0 N–H and O–H groups in total. The second-order valence-electron chi connectivity index (χ2n) is 8.16. The number of hydrogen-bond acceptors (Lipinski definition) is 6. The van der Waals surface area contributed by atoms with Crippen LogP contribution in [0.3, 0.4) is 0 Å². The van der Waals surface area contributed by atoms with Gasteiger partial charge in [-0.1, -0.05) is 46.4 Å². The molecule has 0 atom stereocenters. The Hall–Kier alpha value is -1.56. The minimum Gasteiger partial charge on any atom is -0.494 e. The smallest absolute Gasteiger partial charge is 0.167 e. The zero-order valence-electron chi connectivity index (χ0n) is 21.1. The molecule has 0 saturated heterocycles. The molecule has 0 aliphatic carbocycles. The second kappa shape index (κ2) is 17.0. The number of Topliss-reactive ketones (excluding diaryl/α,β-unsaturated/α-hetero) is 3. The molecule has 2 rings (SSSR count). The lowest BCUT2D eigenvalue weighted by Crippen LogP contribution is -2.06. The van der Waals surface area contributed by atoms with E-state index in [1.807, 2.05) is 0 Å². The molecule has 200 valence electrons. The maximum absolute atomic E-state index is 11.2. The Morgan fingerprint density at radius 3 is 1.86 bits per heavy atom. The van der Waals surface area contributed by atoms with E-state index in [0.29, 0.717) is 49.7 Å². The van der Waals surface area contributed by atoms with Gasteiger partial charge < -0.3 is 18.8 Å². The molecule has 0 aromatic heterocycles. The predicted molar refractivity (Wildman–Crippen MR) is 150 cm³/mol. The number of benzene rings is 2. The van der Waals surface area contributed by atoms with Crippen LogP contribution >= 0.6 is 53.5 Å². The highest BCUT2D eigenvalue weighted by atomic mass is 35.5. The summed E-state index contributed by atoms with van der Waals surface area (Å²) in [5.41, 5.74) is 0.330. The van der Waals surface area contributed by atoms with E-state index < -0.39 is 7.14 Å². The van der Waals surface area contributed by atoms with Gasteiger partial charge in [0, 0.05) is 17.6 Å². The normalized spacial score (nSPS) is 10.3. The zero-order chi connectivity index (χ0) is 28.1. The lowest BCUT2D eigenvalue weighted by atomic mass is 10.1. The predicted octanol–water partition coefficient (Wildman–Crippen LogP) is 8.14. The van der Waals surface area contributed by atoms with Crippen LogP contribution in [0, 0.1) is 0 Å². The number of halogens is 4. The minimum atomic E-state index is -1.87. The fourth-order valence-corrected chi connectivity index (χ4v) is 4.44. The van der Waals surface area contributed by atoms with Crippen molar-refractivity contribution in [3.8, 4) is 11.5 Å². The standard InChI is InChI=1S/2C9H8Cl2O2.C7H15O2P/c1-5(12)8-6(10)3-4-7(11)9(8)13-2;1-6(12)5-13-9-3-2-7(10)4-8(9)11;1-7(8)5-4-6-10(2,3)9/h3-4H,1-2H3;2-4H,5H2,1H3;4-6H2,1-3H3. The first-order valence-electron chi connectivity index (χ1n) is 10.7. The van der Waals surface area contributed by atoms with E-state index in [1.54, 1.807) is 50.6 Å². The van der Waals surface area contributed by atoms with Gasteiger partial charge in [0.15, 0.2) is 11.6 Å². The molecule has 36 heavy (non-hydrogen) atoms. The highest BCUT2D eigenvalue weighted by Gasteiger charge is 2.15. The maximum atomic E-state index is 11.2. The minimum absolute atomic E-state index is 0.0291. The fourth-order valence-electron chi connectivity index (χ4n) is 2.54. The Labute approximate surface area is 232 Å². The highest BCUT2D eigenvalue weighted by Crippen LogP contribution is 2.36. The summed E-state index contributed by atoms with van der Waals surface area (Å²) in [6.07, 6.45) is 2.05. The topological polar surface area (TPSA) is 86.7 Å². The maximum Gasteiger partial charge on any atom is 0.167 e. The monoisotopic (exact) mass is 598 g/mol. The van der Waals surface area contributed by atoms with Crippen LogP contribution in [0.15, 0.2) is 30.3 Å². The van der Waals surface area contributed by atoms with Gasteiger partial charge in [-0.05, 0) is 70.9 Å². The van der Waals surface area contributed by atoms with Crippen molar-refractivity contribution in [3.05, 3.63) is 56.0 Å². The van der Waals surface area contributed by atoms with E-state index in [-0.39, 0.29) is 24.0 Å². The molecular formula is C25H31Cl4O6P. The molecule has 0 aliphatic heterocycles. The van der Waals surface area contributed by atoms with E-state index in [9.17, 15) is 18.9 Å². The summed E-state index contributed by atoms with van der Waals surface area (Å²) >= 11 is 23.1. The summed E-state index contributed by atoms with van der Waals surface area (Å²) in [5, 5.41) is 1.69. The van der Waals surface area contributed by atoms with Crippen LogP contribution in [0.25, 0.3) is 0 Å². The van der Waals surface area contributed by atoms with Gasteiger partial charge in [0.1, 0.15) is 23.9 Å². The SMILES string of the molecule is CC(=O)CCCP(C)(C)=O.CC(=O)COc1ccc(Cl)cc1Cl.COc1c(Cl)ccc(Cl)c1C(C)=O. The van der Waals surface area contributed by atoms with Crippen LogP contribution in [0.4, 0.5) is 0 Å². The lowest BCUT2D eigenvalue weighted by molar-refractivity contribution is -0.119. The van der Waals surface area contributed by atoms with Gasteiger partial charge in [-0.25, -0.2) is 0 Å². The van der Waals surface area contributed by atoms with Crippen LogP contribution in [-0.4, -0.2) is 50.6 Å². The first kappa shape index (κ1) is 34.4. The van der Waals surface area contributed by atoms with Crippen molar-refractivity contribution in [3.63, 3.8) is 0 Å². The van der Waals surface area contributed by atoms with Gasteiger partial charge in [-0.3, -0.25) is 9.59 Å². The molecule has 6 nitrogen and oxygen atoms in total. The summed E-state index contributed by atoms with van der Waals surface area (Å²) in [7, 11) is -0.426. The number of carbonyl (C=O) groups is 3. The number of methoxy groups -OCH3 is 1. The van der Waals surface area contributed by atoms with Gasteiger partial charge in [0.25, 0.3) is 0 Å². The molecule has 0 amide bonds. The quantitative estimate of drug-likeness (QED) is 0.213. The second-order valence-corrected chi connectivity index (χ2v) is 13.4. The first-order valence-corrected chi connectivity index (χ1v) is 15.0. The Kier molecular flexibility index (Phi) is 16.3. The van der Waals surface area contributed by atoms with E-state index >= 15 is 0 Å². The van der Waals surface area contributed by atoms with Gasteiger partial charge in [0.2, 0.25) is 0 Å². The lowest BCUT2D eigenvalue weighted by Gasteiger charge is -2.08. The largest absolute Gasteiger partial charge is 0.494 e. The number of carbonyl (C=O) groups excluding carboxylic acids is 3. The van der Waals surface area contributed by atoms with Crippen molar-refractivity contribution in [1.82, 2.24) is 0 Å². The summed E-state index contributed by atoms with van der Waals surface area (Å²) in [6.45, 7) is 7.97. The molecular weight excluding hydrogens is 569 g/mol. The van der Waals surface area contributed by atoms with Crippen molar-refractivity contribution in [2.45, 2.75) is 33.6 Å². The summed E-state index contributed by atoms with van der Waals surface area (Å²) in [5.74, 6) is 0.784. The van der Waals surface area contributed by atoms with Gasteiger partial charge >= 0.3 is 0 Å². The van der Waals surface area contributed by atoms with Crippen LogP contribution in [0.2, 0.25) is 20.1 Å². The van der Waals surface area contributed by atoms with Crippen LogP contribution in [0.1, 0.15) is 44.0 Å². The first-order chi connectivity index (χ1) is 16.6. The average molecular weight is 600 g/mol. The molecule has 0 spiro atoms. The van der Waals surface area contributed by atoms with Crippen molar-refractivity contribution in [2.24, 2.45) is 0 Å². The van der Waals surface area contributed by atoms with Crippen molar-refractivity contribution < 1.29 is 28.4 Å². The van der Waals surface area contributed by atoms with Crippen molar-refractivity contribution in [1.29, 1.82) is 0 Å². The van der Waals surface area contributed by atoms with Gasteiger partial charge in [-0.2, -0.15) is 0 Å². The van der Waals surface area contributed by atoms with Gasteiger partial charge in [-0.15, -0.1) is 0 Å². The third-order valence-corrected chi connectivity index (χ3v) is 6.70. The molecule has 0 radical (unpaired) electrons. The van der Waals surface area contributed by atoms with Crippen molar-refractivity contribution >= 4 is 70.9 Å². The molecule has 0 unspecified atom stereocenters. The summed E-state index contributed by atoms with van der Waals surface area (Å²) in [6, 6.07) is 8.02. The number of ether oxygens (including phenoxy) is 2. The third kappa shape index (κ3) is 14.9. The molecule has 0 heterocycles. The molecule has 2 aromatic carbocycles. The molecule has 11 heteroatoms. The Morgan fingerprint density at radius 1 is 0.861 bits per heavy atom. The van der Waals surface area contributed by atoms with E-state index in [1.165, 1.54) is 21.0 Å². The summed E-state index contributed by atoms with van der Waals surface area (Å²) < 4.78 is 21.2. The van der Waals surface area contributed by atoms with Crippen LogP contribution < -0.4 is 9.47 Å². The molecule has 0 saturated carbocycles. The highest BCUT2D eigenvalue weighted by molar-refractivity contribution is 7.62. The number of ketones is 3. The molecule has 0 aliphatic rings. The number of rotatable bonds is 9. The van der Waals surface area contributed by atoms with Crippen LogP contribution in [-0.2, 0) is 14.2 Å². The molecule has 0 fully saturated rings. The number of hydrogen-bond donors (Lipinski definition) is 0. The molecule has 0 bridgehead atoms. The van der Waals surface area contributed by atoms with E-state index in [2.05, 4.69) is 0 Å². The fraction of sp³-hybridized carbons (Fsp3) is 0.400. The molecule has 2 aromatic rings. The van der Waals surface area contributed by atoms with Crippen LogP contribution in [0.5, 0.6) is 11.5 Å². The van der Waals surface area contributed by atoms with E-state index in [4.69, 9.17) is 55.9 Å². The Morgan fingerprint density at radius 2 is 1.44 bits per heavy atom. The third-order valence-electron chi connectivity index (χ3n) is 4.17.